The number of benzene rings is 1. The number of hydrogen-bond acceptors (Lipinski definition) is 4. The average Bonchev–Trinajstić information content (AvgIpc) is 2.86. The molecule has 1 aromatic carbocycles. The summed E-state index contributed by atoms with van der Waals surface area (Å²) in [6, 6.07) is 7.86. The Labute approximate surface area is 142 Å². The van der Waals surface area contributed by atoms with Crippen molar-refractivity contribution in [2.75, 3.05) is 18.1 Å². The number of amides is 2. The number of carbonyl (C=O) groups is 2. The number of carbonyl (C=O) groups excluding carboxylic acids is 2. The van der Waals surface area contributed by atoms with E-state index in [0.29, 0.717) is 12.8 Å². The maximum Gasteiger partial charge on any atom is 0.239 e. The minimum atomic E-state index is -3.02. The lowest BCUT2D eigenvalue weighted by Gasteiger charge is -2.11. The second-order valence-electron chi connectivity index (χ2n) is 6.28. The minimum Gasteiger partial charge on any atom is -0.351 e. The zero-order valence-corrected chi connectivity index (χ0v) is 14.7. The van der Waals surface area contributed by atoms with Gasteiger partial charge in [-0.15, -0.1) is 0 Å². The van der Waals surface area contributed by atoms with Crippen LogP contribution in [0.25, 0.3) is 0 Å². The van der Waals surface area contributed by atoms with Crippen LogP contribution in [0.2, 0.25) is 0 Å². The Balaban J connectivity index is 1.60. The fraction of sp³-hybridized carbons (Fsp3) is 0.529. The number of aryl methyl sites for hydroxylation is 2. The van der Waals surface area contributed by atoms with Gasteiger partial charge in [0.05, 0.1) is 18.1 Å². The highest BCUT2D eigenvalue weighted by Crippen LogP contribution is 2.11. The van der Waals surface area contributed by atoms with Gasteiger partial charge in [0.1, 0.15) is 0 Å². The number of hydrogen-bond donors (Lipinski definition) is 2. The van der Waals surface area contributed by atoms with Crippen LogP contribution in [-0.4, -0.2) is 44.3 Å². The van der Waals surface area contributed by atoms with Crippen LogP contribution in [0.1, 0.15) is 30.4 Å². The first-order chi connectivity index (χ1) is 11.3. The van der Waals surface area contributed by atoms with Crippen LogP contribution in [0.15, 0.2) is 24.3 Å². The molecule has 0 aromatic heterocycles. The number of sulfone groups is 1. The first-order valence-electron chi connectivity index (χ1n) is 8.16. The van der Waals surface area contributed by atoms with E-state index in [1.54, 1.807) is 0 Å². The van der Waals surface area contributed by atoms with E-state index in [-0.39, 0.29) is 35.9 Å². The normalized spacial score (nSPS) is 19.0. The summed E-state index contributed by atoms with van der Waals surface area (Å²) in [6.45, 7) is 1.92. The molecular weight excluding hydrogens is 328 g/mol. The summed E-state index contributed by atoms with van der Waals surface area (Å²) < 4.78 is 22.6. The molecular formula is C17H24N2O4S. The number of rotatable bonds is 7. The Kier molecular flexibility index (Phi) is 6.36. The molecule has 2 amide bonds. The summed E-state index contributed by atoms with van der Waals surface area (Å²) in [5.74, 6) is -0.410. The molecule has 0 radical (unpaired) electrons. The lowest BCUT2D eigenvalue weighted by Crippen LogP contribution is -2.42. The fourth-order valence-corrected chi connectivity index (χ4v) is 4.34. The van der Waals surface area contributed by atoms with Crippen molar-refractivity contribution in [3.63, 3.8) is 0 Å². The Morgan fingerprint density at radius 3 is 2.50 bits per heavy atom. The van der Waals surface area contributed by atoms with Crippen LogP contribution < -0.4 is 10.6 Å². The van der Waals surface area contributed by atoms with Gasteiger partial charge in [0.15, 0.2) is 9.84 Å². The maximum atomic E-state index is 11.7. The molecule has 0 bridgehead atoms. The van der Waals surface area contributed by atoms with Gasteiger partial charge in [0, 0.05) is 12.5 Å². The van der Waals surface area contributed by atoms with Crippen LogP contribution in [0, 0.1) is 6.92 Å². The van der Waals surface area contributed by atoms with Gasteiger partial charge in [-0.2, -0.15) is 0 Å². The van der Waals surface area contributed by atoms with E-state index in [0.717, 1.165) is 12.8 Å². The summed E-state index contributed by atoms with van der Waals surface area (Å²) in [5, 5.41) is 5.22. The zero-order valence-electron chi connectivity index (χ0n) is 13.9. The van der Waals surface area contributed by atoms with E-state index < -0.39 is 9.84 Å². The Hall–Kier alpha value is -1.89. The van der Waals surface area contributed by atoms with Crippen molar-refractivity contribution in [1.29, 1.82) is 0 Å². The summed E-state index contributed by atoms with van der Waals surface area (Å²) in [4.78, 5) is 23.5. The molecule has 0 spiro atoms. The average molecular weight is 352 g/mol. The molecule has 1 saturated heterocycles. The van der Waals surface area contributed by atoms with E-state index in [1.807, 2.05) is 19.1 Å². The van der Waals surface area contributed by atoms with Gasteiger partial charge in [0.2, 0.25) is 11.8 Å². The zero-order chi connectivity index (χ0) is 17.6. The molecule has 1 heterocycles. The van der Waals surface area contributed by atoms with Gasteiger partial charge >= 0.3 is 0 Å². The van der Waals surface area contributed by atoms with Gasteiger partial charge in [-0.1, -0.05) is 29.8 Å². The summed E-state index contributed by atoms with van der Waals surface area (Å²) in [6.07, 6.45) is 2.34. The quantitative estimate of drug-likeness (QED) is 0.757. The molecule has 1 unspecified atom stereocenters. The van der Waals surface area contributed by atoms with Crippen LogP contribution >= 0.6 is 0 Å². The summed E-state index contributed by atoms with van der Waals surface area (Å²) in [5.41, 5.74) is 2.39. The molecule has 2 N–H and O–H groups in total. The maximum absolute atomic E-state index is 11.7. The van der Waals surface area contributed by atoms with Crippen LogP contribution in [0.3, 0.4) is 0 Å². The van der Waals surface area contributed by atoms with Crippen molar-refractivity contribution >= 4 is 21.7 Å². The fourth-order valence-electron chi connectivity index (χ4n) is 2.66. The molecule has 1 aliphatic heterocycles. The molecule has 0 aliphatic carbocycles. The lowest BCUT2D eigenvalue weighted by atomic mass is 10.1. The highest BCUT2D eigenvalue weighted by molar-refractivity contribution is 7.91. The molecule has 0 saturated carbocycles. The summed E-state index contributed by atoms with van der Waals surface area (Å²) in [7, 11) is -3.02. The third kappa shape index (κ3) is 6.31. The monoisotopic (exact) mass is 352 g/mol. The van der Waals surface area contributed by atoms with Gasteiger partial charge in [-0.3, -0.25) is 9.59 Å². The molecule has 7 heteroatoms. The standard InChI is InChI=1S/C17H24N2O4S/c1-13-5-7-14(8-6-13)3-2-4-16(20)18-11-17(21)19-15-9-10-24(22,23)12-15/h5-8,15H,2-4,9-12H2,1H3,(H,18,20)(H,19,21). The smallest absolute Gasteiger partial charge is 0.239 e. The lowest BCUT2D eigenvalue weighted by molar-refractivity contribution is -0.126. The highest BCUT2D eigenvalue weighted by Gasteiger charge is 2.28. The topological polar surface area (TPSA) is 92.3 Å². The molecule has 1 aliphatic rings. The highest BCUT2D eigenvalue weighted by atomic mass is 32.2. The van der Waals surface area contributed by atoms with Gasteiger partial charge in [-0.05, 0) is 31.7 Å². The van der Waals surface area contributed by atoms with Crippen molar-refractivity contribution in [3.8, 4) is 0 Å². The van der Waals surface area contributed by atoms with Gasteiger partial charge in [0.25, 0.3) is 0 Å². The molecule has 132 valence electrons. The SMILES string of the molecule is Cc1ccc(CCCC(=O)NCC(=O)NC2CCS(=O)(=O)C2)cc1. The largest absolute Gasteiger partial charge is 0.351 e. The Morgan fingerprint density at radius 2 is 1.88 bits per heavy atom. The van der Waals surface area contributed by atoms with Crippen LogP contribution in [0.5, 0.6) is 0 Å². The predicted octanol–water partition coefficient (Wildman–Crippen LogP) is 0.737. The van der Waals surface area contributed by atoms with E-state index in [4.69, 9.17) is 0 Å². The van der Waals surface area contributed by atoms with Crippen molar-refractivity contribution in [2.45, 2.75) is 38.6 Å². The molecule has 24 heavy (non-hydrogen) atoms. The van der Waals surface area contributed by atoms with Crippen molar-refractivity contribution < 1.29 is 18.0 Å². The van der Waals surface area contributed by atoms with E-state index >= 15 is 0 Å². The van der Waals surface area contributed by atoms with Crippen molar-refractivity contribution in [2.24, 2.45) is 0 Å². The first kappa shape index (κ1) is 18.4. The van der Waals surface area contributed by atoms with Crippen molar-refractivity contribution in [3.05, 3.63) is 35.4 Å². The molecule has 1 fully saturated rings. The molecule has 2 rings (SSSR count). The Morgan fingerprint density at radius 1 is 1.17 bits per heavy atom. The van der Waals surface area contributed by atoms with Crippen LogP contribution in [-0.2, 0) is 25.8 Å². The first-order valence-corrected chi connectivity index (χ1v) is 9.98. The van der Waals surface area contributed by atoms with E-state index in [1.165, 1.54) is 11.1 Å². The van der Waals surface area contributed by atoms with Crippen LogP contribution in [0.4, 0.5) is 0 Å². The van der Waals surface area contributed by atoms with Gasteiger partial charge in [-0.25, -0.2) is 8.42 Å². The third-order valence-corrected chi connectivity index (χ3v) is 5.80. The Bertz CT molecular complexity index is 683. The second kappa shape index (κ2) is 8.28. The summed E-state index contributed by atoms with van der Waals surface area (Å²) >= 11 is 0. The van der Waals surface area contributed by atoms with E-state index in [9.17, 15) is 18.0 Å². The minimum absolute atomic E-state index is 0.0107. The number of nitrogens with one attached hydrogen (secondary N) is 2. The van der Waals surface area contributed by atoms with Gasteiger partial charge < -0.3 is 10.6 Å². The molecule has 1 aromatic rings. The van der Waals surface area contributed by atoms with E-state index in [2.05, 4.69) is 22.8 Å². The predicted molar refractivity (Wildman–Crippen MR) is 92.3 cm³/mol. The second-order valence-corrected chi connectivity index (χ2v) is 8.51. The third-order valence-electron chi connectivity index (χ3n) is 4.03. The molecule has 6 nitrogen and oxygen atoms in total. The van der Waals surface area contributed by atoms with Crippen molar-refractivity contribution in [1.82, 2.24) is 10.6 Å². The molecule has 1 atom stereocenters.